The van der Waals surface area contributed by atoms with Gasteiger partial charge in [0.25, 0.3) is 0 Å². The van der Waals surface area contributed by atoms with Gasteiger partial charge < -0.3 is 4.74 Å². The van der Waals surface area contributed by atoms with Crippen LogP contribution in [0, 0.1) is 0 Å². The van der Waals surface area contributed by atoms with E-state index in [1.165, 1.54) is 11.8 Å². The maximum atomic E-state index is 13.1. The molecule has 2 aromatic rings. The van der Waals surface area contributed by atoms with Gasteiger partial charge in [-0.2, -0.15) is 0 Å². The van der Waals surface area contributed by atoms with E-state index in [2.05, 4.69) is 4.99 Å². The van der Waals surface area contributed by atoms with Crippen molar-refractivity contribution >= 4 is 34.9 Å². The van der Waals surface area contributed by atoms with Crippen LogP contribution in [-0.2, 0) is 20.9 Å². The van der Waals surface area contributed by atoms with Gasteiger partial charge in [-0.15, -0.1) is 0 Å². The summed E-state index contributed by atoms with van der Waals surface area (Å²) in [4.78, 5) is 32.0. The highest BCUT2D eigenvalue weighted by atomic mass is 32.2. The monoisotopic (exact) mass is 418 g/mol. The van der Waals surface area contributed by atoms with Crippen LogP contribution in [0.5, 0.6) is 0 Å². The molecule has 0 spiro atoms. The molecule has 1 fully saturated rings. The van der Waals surface area contributed by atoms with Gasteiger partial charge in [-0.1, -0.05) is 84.6 Å². The summed E-state index contributed by atoms with van der Waals surface area (Å²) in [6, 6.07) is 18.8. The first kappa shape index (κ1) is 20.2. The first-order valence-corrected chi connectivity index (χ1v) is 10.7. The van der Waals surface area contributed by atoms with Crippen LogP contribution < -0.4 is 0 Å². The Morgan fingerprint density at radius 3 is 2.50 bits per heavy atom. The lowest BCUT2D eigenvalue weighted by atomic mass is 10.00. The van der Waals surface area contributed by atoms with E-state index in [1.54, 1.807) is 11.8 Å². The lowest BCUT2D eigenvalue weighted by Crippen LogP contribution is -2.45. The minimum Gasteiger partial charge on any atom is -0.457 e. The number of esters is 1. The third kappa shape index (κ3) is 4.09. The van der Waals surface area contributed by atoms with E-state index in [4.69, 9.17) is 4.74 Å². The van der Waals surface area contributed by atoms with Crippen LogP contribution in [0.3, 0.4) is 0 Å². The smallest absolute Gasteiger partial charge is 0.338 e. The molecular formula is C24H22N2O3S. The van der Waals surface area contributed by atoms with Crippen molar-refractivity contribution in [2.75, 3.05) is 0 Å². The van der Waals surface area contributed by atoms with Crippen LogP contribution in [0.1, 0.15) is 25.0 Å². The number of carbonyl (C=O) groups is 2. The van der Waals surface area contributed by atoms with Crippen molar-refractivity contribution < 1.29 is 14.3 Å². The Morgan fingerprint density at radius 1 is 1.13 bits per heavy atom. The molecule has 2 aliphatic rings. The van der Waals surface area contributed by atoms with Crippen LogP contribution in [0.2, 0.25) is 0 Å². The van der Waals surface area contributed by atoms with E-state index in [1.807, 2.05) is 79.7 Å². The third-order valence-electron chi connectivity index (χ3n) is 5.00. The van der Waals surface area contributed by atoms with E-state index in [9.17, 15) is 9.59 Å². The first-order valence-electron chi connectivity index (χ1n) is 9.78. The normalized spacial score (nSPS) is 21.1. The number of benzene rings is 2. The molecule has 2 aliphatic heterocycles. The highest BCUT2D eigenvalue weighted by Crippen LogP contribution is 2.36. The van der Waals surface area contributed by atoms with Gasteiger partial charge in [0.2, 0.25) is 5.91 Å². The van der Waals surface area contributed by atoms with E-state index in [0.717, 1.165) is 11.1 Å². The molecule has 30 heavy (non-hydrogen) atoms. The summed E-state index contributed by atoms with van der Waals surface area (Å²) in [6.07, 6.45) is 3.80. The van der Waals surface area contributed by atoms with Gasteiger partial charge in [-0.3, -0.25) is 9.69 Å². The summed E-state index contributed by atoms with van der Waals surface area (Å²) in [7, 11) is 0. The number of ether oxygens (including phenoxy) is 1. The van der Waals surface area contributed by atoms with E-state index in [-0.39, 0.29) is 17.8 Å². The number of fused-ring (bicyclic) bond motifs is 1. The first-order chi connectivity index (χ1) is 14.5. The second-order valence-electron chi connectivity index (χ2n) is 7.14. The Hall–Kier alpha value is -3.12. The molecule has 2 atom stereocenters. The highest BCUT2D eigenvalue weighted by molar-refractivity contribution is 8.15. The minimum absolute atomic E-state index is 0.0534. The largest absolute Gasteiger partial charge is 0.457 e. The highest BCUT2D eigenvalue weighted by Gasteiger charge is 2.44. The number of allylic oxidation sites excluding steroid dienone is 1. The zero-order valence-corrected chi connectivity index (χ0v) is 17.6. The number of rotatable bonds is 5. The van der Waals surface area contributed by atoms with Crippen molar-refractivity contribution in [3.05, 3.63) is 89.1 Å². The van der Waals surface area contributed by atoms with Crippen molar-refractivity contribution in [1.82, 2.24) is 4.90 Å². The number of carbonyl (C=O) groups excluding carboxylic acids is 2. The quantitative estimate of drug-likeness (QED) is 0.675. The SMILES string of the molecule is CC1=C(C(=O)OCc2ccccc2)C(C=Cc2ccccc2)N2C(=O)C(C)SC2=N1. The van der Waals surface area contributed by atoms with E-state index in [0.29, 0.717) is 16.4 Å². The number of aliphatic imine (C=N–C) groups is 1. The fourth-order valence-corrected chi connectivity index (χ4v) is 4.49. The predicted octanol–water partition coefficient (Wildman–Crippen LogP) is 4.42. The summed E-state index contributed by atoms with van der Waals surface area (Å²) in [5.41, 5.74) is 2.87. The zero-order valence-electron chi connectivity index (χ0n) is 16.8. The topological polar surface area (TPSA) is 59.0 Å². The van der Waals surface area contributed by atoms with Gasteiger partial charge in [0.05, 0.1) is 22.6 Å². The van der Waals surface area contributed by atoms with Crippen molar-refractivity contribution in [3.8, 4) is 0 Å². The Balaban J connectivity index is 1.64. The van der Waals surface area contributed by atoms with Gasteiger partial charge in [-0.05, 0) is 25.0 Å². The van der Waals surface area contributed by atoms with Gasteiger partial charge in [0.1, 0.15) is 6.61 Å². The maximum Gasteiger partial charge on any atom is 0.338 e. The number of nitrogens with zero attached hydrogens (tertiary/aromatic N) is 2. The van der Waals surface area contributed by atoms with Crippen molar-refractivity contribution in [2.45, 2.75) is 31.7 Å². The molecule has 2 aromatic carbocycles. The third-order valence-corrected chi connectivity index (χ3v) is 6.06. The maximum absolute atomic E-state index is 13.1. The molecule has 1 saturated heterocycles. The molecule has 6 heteroatoms. The van der Waals surface area contributed by atoms with E-state index < -0.39 is 12.0 Å². The average Bonchev–Trinajstić information content (AvgIpc) is 3.04. The molecule has 0 aliphatic carbocycles. The Labute approximate surface area is 180 Å². The molecule has 0 bridgehead atoms. The predicted molar refractivity (Wildman–Crippen MR) is 120 cm³/mol. The number of hydrogen-bond acceptors (Lipinski definition) is 5. The fourth-order valence-electron chi connectivity index (χ4n) is 3.46. The zero-order chi connectivity index (χ0) is 21.1. The molecule has 4 rings (SSSR count). The number of thioether (sulfide) groups is 1. The molecule has 0 N–H and O–H groups in total. The molecule has 0 aromatic heterocycles. The molecule has 1 amide bonds. The number of amidine groups is 1. The molecule has 2 heterocycles. The van der Waals surface area contributed by atoms with Crippen LogP contribution in [0.15, 0.2) is 83.0 Å². The summed E-state index contributed by atoms with van der Waals surface area (Å²) >= 11 is 1.42. The lowest BCUT2D eigenvalue weighted by molar-refractivity contribution is -0.141. The van der Waals surface area contributed by atoms with Gasteiger partial charge in [0.15, 0.2) is 5.17 Å². The lowest BCUT2D eigenvalue weighted by Gasteiger charge is -2.30. The number of amides is 1. The van der Waals surface area contributed by atoms with Gasteiger partial charge >= 0.3 is 5.97 Å². The minimum atomic E-state index is -0.550. The summed E-state index contributed by atoms with van der Waals surface area (Å²) in [5.74, 6) is -0.512. The molecular weight excluding hydrogens is 396 g/mol. The van der Waals surface area contributed by atoms with Gasteiger partial charge in [0, 0.05) is 0 Å². The van der Waals surface area contributed by atoms with Crippen LogP contribution in [0.4, 0.5) is 0 Å². The van der Waals surface area contributed by atoms with Crippen LogP contribution >= 0.6 is 11.8 Å². The molecule has 0 saturated carbocycles. The Morgan fingerprint density at radius 2 is 1.80 bits per heavy atom. The van der Waals surface area contributed by atoms with Gasteiger partial charge in [-0.25, -0.2) is 9.79 Å². The van der Waals surface area contributed by atoms with Crippen molar-refractivity contribution in [2.24, 2.45) is 4.99 Å². The molecule has 5 nitrogen and oxygen atoms in total. The standard InChI is InChI=1S/C24H22N2O3S/c1-16-21(23(28)29-15-19-11-7-4-8-12-19)20(14-13-18-9-5-3-6-10-18)26-22(27)17(2)30-24(26)25-16/h3-14,17,20H,15H2,1-2H3. The molecule has 152 valence electrons. The Kier molecular flexibility index (Phi) is 5.86. The van der Waals surface area contributed by atoms with Crippen molar-refractivity contribution in [3.63, 3.8) is 0 Å². The second kappa shape index (κ2) is 8.71. The summed E-state index contributed by atoms with van der Waals surface area (Å²) in [5, 5.41) is 0.399. The van der Waals surface area contributed by atoms with E-state index >= 15 is 0 Å². The second-order valence-corrected chi connectivity index (χ2v) is 8.45. The average molecular weight is 419 g/mol. The summed E-state index contributed by atoms with van der Waals surface area (Å²) in [6.45, 7) is 3.82. The molecule has 2 unspecified atom stereocenters. The van der Waals surface area contributed by atoms with Crippen LogP contribution in [0.25, 0.3) is 6.08 Å². The fraction of sp³-hybridized carbons (Fsp3) is 0.208. The van der Waals surface area contributed by atoms with Crippen LogP contribution in [-0.4, -0.2) is 33.2 Å². The van der Waals surface area contributed by atoms with Crippen molar-refractivity contribution in [1.29, 1.82) is 0 Å². The molecule has 0 radical (unpaired) electrons. The Bertz CT molecular complexity index is 1040. The number of hydrogen-bond donors (Lipinski definition) is 0. The summed E-state index contributed by atoms with van der Waals surface area (Å²) < 4.78 is 5.59.